The average Bonchev–Trinajstić information content (AvgIpc) is 3.62. The molecular weight excluding hydrogens is 593 g/mol. The van der Waals surface area contributed by atoms with Gasteiger partial charge < -0.3 is 30.3 Å². The number of H-pyrrole nitrogens is 1. The summed E-state index contributed by atoms with van der Waals surface area (Å²) < 4.78 is 39.8. The summed E-state index contributed by atoms with van der Waals surface area (Å²) in [6, 6.07) is 10.5. The minimum absolute atomic E-state index is 0.0228. The summed E-state index contributed by atoms with van der Waals surface area (Å²) in [6.07, 6.45) is 3.86. The number of amides is 3. The fraction of sp³-hybridized carbons (Fsp3) is 0.452. The van der Waals surface area contributed by atoms with Gasteiger partial charge in [-0.25, -0.2) is 0 Å². The van der Waals surface area contributed by atoms with Gasteiger partial charge in [0.25, 0.3) is 5.91 Å². The minimum atomic E-state index is -5.77. The summed E-state index contributed by atoms with van der Waals surface area (Å²) in [5, 5.41) is 6.06. The number of carbonyl (C=O) groups is 3. The van der Waals surface area contributed by atoms with Crippen LogP contribution in [-0.4, -0.2) is 56.0 Å². The first-order valence-corrected chi connectivity index (χ1v) is 16.3. The molecule has 5 rings (SSSR count). The van der Waals surface area contributed by atoms with E-state index in [-0.39, 0.29) is 23.0 Å². The zero-order chi connectivity index (χ0) is 32.0. The Morgan fingerprint density at radius 3 is 2.48 bits per heavy atom. The number of fused-ring (bicyclic) bond motifs is 2. The highest BCUT2D eigenvalue weighted by molar-refractivity contribution is 7.52. The van der Waals surface area contributed by atoms with Crippen molar-refractivity contribution in [2.24, 2.45) is 5.41 Å². The SMILES string of the molecule is CC(C)(C)[C@H](NC(=O)c1cc2cc(C(F)(F)P(=O)(O)O)ccc2[nH]1)C(=O)N1CCC[C@H]1C(=O)NC1CCCc2ccccc21. The second-order valence-electron chi connectivity index (χ2n) is 12.7. The van der Waals surface area contributed by atoms with Gasteiger partial charge in [0.2, 0.25) is 11.8 Å². The quantitative estimate of drug-likeness (QED) is 0.238. The third-order valence-corrected chi connectivity index (χ3v) is 9.48. The Morgan fingerprint density at radius 1 is 1.05 bits per heavy atom. The van der Waals surface area contributed by atoms with E-state index in [4.69, 9.17) is 9.79 Å². The molecular formula is C31H37F2N4O6P. The van der Waals surface area contributed by atoms with Gasteiger partial charge in [0.15, 0.2) is 0 Å². The molecule has 0 spiro atoms. The van der Waals surface area contributed by atoms with Crippen LogP contribution in [0.2, 0.25) is 0 Å². The molecule has 5 N–H and O–H groups in total. The van der Waals surface area contributed by atoms with Crippen LogP contribution in [0.1, 0.15) is 79.7 Å². The third kappa shape index (κ3) is 6.16. The number of carbonyl (C=O) groups excluding carboxylic acids is 3. The fourth-order valence-corrected chi connectivity index (χ4v) is 6.58. The molecule has 10 nitrogen and oxygen atoms in total. The van der Waals surface area contributed by atoms with Crippen molar-refractivity contribution >= 4 is 36.2 Å². The lowest BCUT2D eigenvalue weighted by Crippen LogP contribution is -2.57. The molecule has 1 fully saturated rings. The molecule has 2 aliphatic rings. The number of likely N-dealkylation sites (tertiary alicyclic amines) is 1. The van der Waals surface area contributed by atoms with E-state index in [9.17, 15) is 27.7 Å². The molecule has 0 bridgehead atoms. The number of aryl methyl sites for hydroxylation is 1. The Hall–Kier alpha value is -3.60. The lowest BCUT2D eigenvalue weighted by atomic mass is 9.85. The zero-order valence-electron chi connectivity index (χ0n) is 24.8. The number of rotatable bonds is 7. The van der Waals surface area contributed by atoms with Crippen LogP contribution in [0.4, 0.5) is 8.78 Å². The fourth-order valence-electron chi connectivity index (χ4n) is 6.11. The summed E-state index contributed by atoms with van der Waals surface area (Å²) in [6.45, 7) is 5.74. The van der Waals surface area contributed by atoms with Gasteiger partial charge in [-0.2, -0.15) is 8.78 Å². The molecule has 2 heterocycles. The average molecular weight is 631 g/mol. The predicted molar refractivity (Wildman–Crippen MR) is 160 cm³/mol. The first kappa shape index (κ1) is 31.8. The summed E-state index contributed by atoms with van der Waals surface area (Å²) in [5.74, 6) is -1.29. The van der Waals surface area contributed by atoms with Gasteiger partial charge >= 0.3 is 13.3 Å². The van der Waals surface area contributed by atoms with E-state index in [1.807, 2.05) is 18.2 Å². The summed E-state index contributed by atoms with van der Waals surface area (Å²) in [5.41, 5.74) is -3.46. The first-order chi connectivity index (χ1) is 20.6. The Bertz CT molecular complexity index is 1650. The van der Waals surface area contributed by atoms with Crippen LogP contribution < -0.4 is 10.6 Å². The number of aromatic amines is 1. The summed E-state index contributed by atoms with van der Waals surface area (Å²) >= 11 is 0. The number of hydrogen-bond donors (Lipinski definition) is 5. The second kappa shape index (κ2) is 11.7. The molecule has 0 saturated carbocycles. The highest BCUT2D eigenvalue weighted by Gasteiger charge is 2.50. The number of nitrogens with zero attached hydrogens (tertiary/aromatic N) is 1. The summed E-state index contributed by atoms with van der Waals surface area (Å²) in [4.78, 5) is 63.3. The molecule has 0 radical (unpaired) electrons. The van der Waals surface area contributed by atoms with Crippen LogP contribution in [0.15, 0.2) is 48.5 Å². The Labute approximate surface area is 253 Å². The van der Waals surface area contributed by atoms with Crippen molar-refractivity contribution in [2.75, 3.05) is 6.54 Å². The van der Waals surface area contributed by atoms with Crippen LogP contribution in [0.3, 0.4) is 0 Å². The molecule has 3 atom stereocenters. The Balaban J connectivity index is 1.33. The van der Waals surface area contributed by atoms with Crippen molar-refractivity contribution in [1.29, 1.82) is 0 Å². The standard InChI is InChI=1S/C31H37F2N4O6P/c1-30(2,3)26(36-27(38)24-17-19-16-20(13-14-22(19)34-24)31(32,33)44(41,42)43)29(40)37-15-7-12-25(37)28(39)35-23-11-6-9-18-8-4-5-10-21(18)23/h4-5,8,10,13-14,16-17,23,25-26,34H,6-7,9,11-12,15H2,1-3H3,(H,35,39)(H,36,38)(H2,41,42,43)/t23?,25-,26+/m0/s1. The number of hydrogen-bond acceptors (Lipinski definition) is 4. The zero-order valence-corrected chi connectivity index (χ0v) is 25.7. The van der Waals surface area contributed by atoms with Crippen LogP contribution in [0, 0.1) is 5.41 Å². The number of alkyl halides is 2. The van der Waals surface area contributed by atoms with Gasteiger partial charge in [0, 0.05) is 23.0 Å². The predicted octanol–water partition coefficient (Wildman–Crippen LogP) is 4.72. The largest absolute Gasteiger partial charge is 0.399 e. The molecule has 3 aromatic rings. The maximum absolute atomic E-state index is 14.3. The maximum atomic E-state index is 14.3. The van der Waals surface area contributed by atoms with E-state index in [1.165, 1.54) is 22.6 Å². The molecule has 3 amide bonds. The monoisotopic (exact) mass is 630 g/mol. The van der Waals surface area contributed by atoms with Gasteiger partial charge in [0.05, 0.1) is 6.04 Å². The first-order valence-electron chi connectivity index (χ1n) is 14.6. The lowest BCUT2D eigenvalue weighted by Gasteiger charge is -2.36. The molecule has 236 valence electrons. The van der Waals surface area contributed by atoms with Crippen molar-refractivity contribution in [3.05, 3.63) is 70.9 Å². The molecule has 1 aliphatic heterocycles. The molecule has 2 aromatic carbocycles. The Kier molecular flexibility index (Phi) is 8.48. The number of benzene rings is 2. The molecule has 13 heteroatoms. The van der Waals surface area contributed by atoms with E-state index in [0.717, 1.165) is 37.0 Å². The van der Waals surface area contributed by atoms with Crippen molar-refractivity contribution in [3.63, 3.8) is 0 Å². The van der Waals surface area contributed by atoms with Crippen molar-refractivity contribution < 1.29 is 37.5 Å². The van der Waals surface area contributed by atoms with Gasteiger partial charge in [-0.3, -0.25) is 18.9 Å². The highest BCUT2D eigenvalue weighted by Crippen LogP contribution is 2.59. The molecule has 1 aliphatic carbocycles. The molecule has 44 heavy (non-hydrogen) atoms. The number of nitrogens with one attached hydrogen (secondary N) is 3. The molecule has 1 aromatic heterocycles. The van der Waals surface area contributed by atoms with Crippen LogP contribution >= 0.6 is 7.60 Å². The lowest BCUT2D eigenvalue weighted by molar-refractivity contribution is -0.142. The molecule has 1 unspecified atom stereocenters. The van der Waals surface area contributed by atoms with Gasteiger partial charge in [-0.05, 0) is 66.8 Å². The normalized spacial score (nSPS) is 19.8. The second-order valence-corrected chi connectivity index (χ2v) is 14.3. The van der Waals surface area contributed by atoms with E-state index < -0.39 is 48.1 Å². The van der Waals surface area contributed by atoms with Crippen molar-refractivity contribution in [1.82, 2.24) is 20.5 Å². The number of halogens is 2. The smallest absolute Gasteiger partial charge is 0.351 e. The number of aromatic nitrogens is 1. The van der Waals surface area contributed by atoms with Crippen LogP contribution in [0.5, 0.6) is 0 Å². The van der Waals surface area contributed by atoms with E-state index in [0.29, 0.717) is 24.9 Å². The van der Waals surface area contributed by atoms with Crippen LogP contribution in [-0.2, 0) is 26.2 Å². The summed E-state index contributed by atoms with van der Waals surface area (Å²) in [7, 11) is -5.77. The van der Waals surface area contributed by atoms with Crippen LogP contribution in [0.25, 0.3) is 10.9 Å². The topological polar surface area (TPSA) is 152 Å². The van der Waals surface area contributed by atoms with Gasteiger partial charge in [0.1, 0.15) is 17.8 Å². The van der Waals surface area contributed by atoms with Crippen molar-refractivity contribution in [3.8, 4) is 0 Å². The van der Waals surface area contributed by atoms with Gasteiger partial charge in [-0.15, -0.1) is 0 Å². The van der Waals surface area contributed by atoms with E-state index in [1.54, 1.807) is 20.8 Å². The highest BCUT2D eigenvalue weighted by atomic mass is 31.2. The maximum Gasteiger partial charge on any atom is 0.399 e. The van der Waals surface area contributed by atoms with Crippen molar-refractivity contribution in [2.45, 2.75) is 76.7 Å². The molecule has 1 saturated heterocycles. The minimum Gasteiger partial charge on any atom is -0.351 e. The van der Waals surface area contributed by atoms with E-state index in [2.05, 4.69) is 21.7 Å². The van der Waals surface area contributed by atoms with Gasteiger partial charge in [-0.1, -0.05) is 51.1 Å². The Morgan fingerprint density at radius 2 is 1.77 bits per heavy atom. The van der Waals surface area contributed by atoms with E-state index >= 15 is 0 Å². The third-order valence-electron chi connectivity index (χ3n) is 8.49.